The molecule has 2 unspecified atom stereocenters. The van der Waals surface area contributed by atoms with Crippen LogP contribution in [0.5, 0.6) is 0 Å². The Morgan fingerprint density at radius 2 is 2.19 bits per heavy atom. The highest BCUT2D eigenvalue weighted by Crippen LogP contribution is 2.12. The molecule has 1 aliphatic heterocycles. The summed E-state index contributed by atoms with van der Waals surface area (Å²) in [5.74, 6) is 0.617. The minimum absolute atomic E-state index is 0.0137. The van der Waals surface area contributed by atoms with Gasteiger partial charge in [-0.1, -0.05) is 39.8 Å². The quantitative estimate of drug-likeness (QED) is 0.763. The molecule has 2 rings (SSSR count). The second-order valence-electron chi connectivity index (χ2n) is 7.80. The van der Waals surface area contributed by atoms with E-state index in [1.54, 1.807) is 0 Å². The maximum Gasteiger partial charge on any atom is 0.251 e. The molecule has 4 nitrogen and oxygen atoms in total. The van der Waals surface area contributed by atoms with Crippen molar-refractivity contribution in [1.29, 1.82) is 0 Å². The largest absolute Gasteiger partial charge is 0.380 e. The molecule has 0 spiro atoms. The first-order valence-corrected chi connectivity index (χ1v) is 10.4. The van der Waals surface area contributed by atoms with E-state index >= 15 is 0 Å². The predicted octanol–water partition coefficient (Wildman–Crippen LogP) is 2.67. The third-order valence-electron chi connectivity index (χ3n) is 5.46. The zero-order chi connectivity index (χ0) is 19.8. The van der Waals surface area contributed by atoms with E-state index in [2.05, 4.69) is 50.8 Å². The molecule has 0 saturated carbocycles. The molecule has 1 fully saturated rings. The molecule has 0 aliphatic carbocycles. The Bertz CT molecular complexity index is 723. The molecule has 0 aromatic heterocycles. The first-order valence-electron chi connectivity index (χ1n) is 10.4. The third-order valence-corrected chi connectivity index (χ3v) is 5.46. The van der Waals surface area contributed by atoms with Crippen LogP contribution in [-0.4, -0.2) is 43.7 Å². The van der Waals surface area contributed by atoms with E-state index in [1.165, 1.54) is 6.42 Å². The van der Waals surface area contributed by atoms with Crippen LogP contribution >= 0.6 is 0 Å². The van der Waals surface area contributed by atoms with Crippen molar-refractivity contribution in [3.8, 4) is 0 Å². The van der Waals surface area contributed by atoms with Crippen LogP contribution in [0.3, 0.4) is 0 Å². The van der Waals surface area contributed by atoms with Gasteiger partial charge in [-0.25, -0.2) is 0 Å². The molecule has 1 N–H and O–H groups in total. The average Bonchev–Trinajstić information content (AvgIpc) is 2.68. The fraction of sp³-hybridized carbons (Fsp3) is 0.609. The first-order chi connectivity index (χ1) is 13.0. The van der Waals surface area contributed by atoms with Crippen molar-refractivity contribution in [1.82, 2.24) is 10.2 Å². The zero-order valence-electron chi connectivity index (χ0n) is 17.5. The van der Waals surface area contributed by atoms with Gasteiger partial charge in [-0.05, 0) is 48.4 Å². The lowest BCUT2D eigenvalue weighted by molar-refractivity contribution is 0.0169. The van der Waals surface area contributed by atoms with Crippen LogP contribution in [-0.2, 0) is 11.2 Å². The fourth-order valence-corrected chi connectivity index (χ4v) is 3.63. The van der Waals surface area contributed by atoms with E-state index < -0.39 is 0 Å². The molecule has 2 atom stereocenters. The van der Waals surface area contributed by atoms with E-state index in [4.69, 9.17) is 4.74 Å². The summed E-state index contributed by atoms with van der Waals surface area (Å²) in [5, 5.41) is 5.11. The van der Waals surface area contributed by atoms with Crippen LogP contribution < -0.4 is 15.8 Å². The summed E-state index contributed by atoms with van der Waals surface area (Å²) in [6.45, 7) is 13.1. The number of carbonyl (C=O) groups is 1. The highest BCUT2D eigenvalue weighted by Gasteiger charge is 2.17. The highest BCUT2D eigenvalue weighted by atomic mass is 16.5. The number of benzene rings is 1. The van der Waals surface area contributed by atoms with Crippen molar-refractivity contribution < 1.29 is 9.53 Å². The summed E-state index contributed by atoms with van der Waals surface area (Å²) in [5.41, 5.74) is 1.82. The van der Waals surface area contributed by atoms with Gasteiger partial charge in [-0.3, -0.25) is 4.79 Å². The number of hydrogen-bond donors (Lipinski definition) is 1. The van der Waals surface area contributed by atoms with Gasteiger partial charge in [0.05, 0.1) is 6.10 Å². The Balaban J connectivity index is 2.21. The first kappa shape index (κ1) is 21.5. The van der Waals surface area contributed by atoms with Gasteiger partial charge in [0.15, 0.2) is 0 Å². The Labute approximate surface area is 164 Å². The number of amides is 1. The number of nitrogens with zero attached hydrogens (tertiary/aromatic N) is 1. The lowest BCUT2D eigenvalue weighted by atomic mass is 10.00. The molecular weight excluding hydrogens is 336 g/mol. The molecule has 27 heavy (non-hydrogen) atoms. The Hall–Kier alpha value is -1.81. The normalized spacial score (nSPS) is 19.0. The van der Waals surface area contributed by atoms with Gasteiger partial charge in [-0.2, -0.15) is 0 Å². The molecule has 4 heteroatoms. The van der Waals surface area contributed by atoms with E-state index in [-0.39, 0.29) is 12.0 Å². The molecule has 1 saturated heterocycles. The molecule has 150 valence electrons. The van der Waals surface area contributed by atoms with Crippen molar-refractivity contribution >= 4 is 18.7 Å². The van der Waals surface area contributed by atoms with Crippen LogP contribution in [0.2, 0.25) is 0 Å². The number of nitrogens with one attached hydrogen (secondary N) is 1. The molecule has 1 amide bonds. The summed E-state index contributed by atoms with van der Waals surface area (Å²) >= 11 is 0. The van der Waals surface area contributed by atoms with E-state index in [0.29, 0.717) is 12.5 Å². The van der Waals surface area contributed by atoms with Crippen LogP contribution in [0.4, 0.5) is 0 Å². The third kappa shape index (κ3) is 6.10. The maximum absolute atomic E-state index is 12.8. The Kier molecular flexibility index (Phi) is 8.36. The van der Waals surface area contributed by atoms with Crippen molar-refractivity contribution in [2.45, 2.75) is 59.0 Å². The molecule has 1 heterocycles. The van der Waals surface area contributed by atoms with Crippen LogP contribution in [0, 0.1) is 5.92 Å². The summed E-state index contributed by atoms with van der Waals surface area (Å²) < 4.78 is 5.73. The number of rotatable bonds is 8. The molecule has 0 bridgehead atoms. The van der Waals surface area contributed by atoms with Crippen LogP contribution in [0.1, 0.15) is 62.4 Å². The zero-order valence-corrected chi connectivity index (χ0v) is 17.5. The lowest BCUT2D eigenvalue weighted by Gasteiger charge is -2.23. The SMILES string of the molecule is C=c1ccc(C(=O)NCC2CCCCO2)c(CC)/c1=C/N(C)CC(C)CC. The van der Waals surface area contributed by atoms with Crippen molar-refractivity contribution in [2.24, 2.45) is 5.92 Å². The van der Waals surface area contributed by atoms with Gasteiger partial charge >= 0.3 is 0 Å². The molecule has 1 aromatic rings. The van der Waals surface area contributed by atoms with E-state index in [9.17, 15) is 4.79 Å². The van der Waals surface area contributed by atoms with Gasteiger partial charge in [0.1, 0.15) is 0 Å². The van der Waals surface area contributed by atoms with E-state index in [1.807, 2.05) is 12.1 Å². The van der Waals surface area contributed by atoms with Crippen molar-refractivity contribution in [3.05, 3.63) is 33.7 Å². The number of ether oxygens (including phenoxy) is 1. The van der Waals surface area contributed by atoms with E-state index in [0.717, 1.165) is 60.4 Å². The minimum atomic E-state index is -0.0137. The highest BCUT2D eigenvalue weighted by molar-refractivity contribution is 5.95. The monoisotopic (exact) mass is 372 g/mol. The van der Waals surface area contributed by atoms with Gasteiger partial charge in [0, 0.05) is 43.7 Å². The lowest BCUT2D eigenvalue weighted by Crippen LogP contribution is -2.38. The molecular formula is C23H36N2O2. The fourth-order valence-electron chi connectivity index (χ4n) is 3.63. The Morgan fingerprint density at radius 1 is 1.41 bits per heavy atom. The second-order valence-corrected chi connectivity index (χ2v) is 7.80. The molecule has 1 aliphatic rings. The topological polar surface area (TPSA) is 41.6 Å². The number of carbonyl (C=O) groups excluding carboxylic acids is 1. The smallest absolute Gasteiger partial charge is 0.251 e. The van der Waals surface area contributed by atoms with Crippen LogP contribution in [0.15, 0.2) is 12.1 Å². The summed E-state index contributed by atoms with van der Waals surface area (Å²) in [7, 11) is 2.10. The number of hydrogen-bond acceptors (Lipinski definition) is 3. The molecule has 1 aromatic carbocycles. The van der Waals surface area contributed by atoms with Gasteiger partial charge in [0.25, 0.3) is 5.91 Å². The standard InChI is InChI=1S/C23H36N2O2/c1-6-17(3)15-25(5)16-22-18(4)11-12-21(20(22)7-2)23(26)24-14-19-10-8-9-13-27-19/h11-12,16-17,19H,4,6-10,13-15H2,1-3,5H3,(H,24,26)/b22-16+. The van der Waals surface area contributed by atoms with Gasteiger partial charge in [-0.15, -0.1) is 0 Å². The summed E-state index contributed by atoms with van der Waals surface area (Å²) in [6, 6.07) is 3.86. The van der Waals surface area contributed by atoms with Crippen LogP contribution in [0.25, 0.3) is 12.8 Å². The second kappa shape index (κ2) is 10.5. The summed E-state index contributed by atoms with van der Waals surface area (Å²) in [4.78, 5) is 15.0. The predicted molar refractivity (Wildman–Crippen MR) is 113 cm³/mol. The molecule has 0 radical (unpaired) electrons. The maximum atomic E-state index is 12.8. The average molecular weight is 373 g/mol. The van der Waals surface area contributed by atoms with Crippen molar-refractivity contribution in [3.63, 3.8) is 0 Å². The Morgan fingerprint density at radius 3 is 2.81 bits per heavy atom. The minimum Gasteiger partial charge on any atom is -0.380 e. The summed E-state index contributed by atoms with van der Waals surface area (Å²) in [6.07, 6.45) is 7.58. The van der Waals surface area contributed by atoms with Crippen molar-refractivity contribution in [2.75, 3.05) is 26.7 Å². The van der Waals surface area contributed by atoms with Gasteiger partial charge in [0.2, 0.25) is 0 Å². The van der Waals surface area contributed by atoms with Gasteiger partial charge < -0.3 is 15.0 Å².